The maximum Gasteiger partial charge on any atom is 0.430 e. The third-order valence-corrected chi connectivity index (χ3v) is 8.92. The fourth-order valence-electron chi connectivity index (χ4n) is 4.17. The zero-order valence-electron chi connectivity index (χ0n) is 20.9. The predicted molar refractivity (Wildman–Crippen MR) is 138 cm³/mol. The molecule has 1 aliphatic heterocycles. The molecule has 3 rings (SSSR count). The average molecular weight is 597 g/mol. The van der Waals surface area contributed by atoms with E-state index in [1.165, 1.54) is 17.5 Å². The van der Waals surface area contributed by atoms with Crippen LogP contribution < -0.4 is 4.90 Å². The molecule has 0 saturated carbocycles. The highest BCUT2D eigenvalue weighted by molar-refractivity contribution is 7.96. The molecule has 1 aliphatic carbocycles. The van der Waals surface area contributed by atoms with E-state index < -0.39 is 39.6 Å². The number of piperazine rings is 1. The number of rotatable bonds is 6. The Morgan fingerprint density at radius 3 is 2.23 bits per heavy atom. The summed E-state index contributed by atoms with van der Waals surface area (Å²) in [5.41, 5.74) is -6.56. The summed E-state index contributed by atoms with van der Waals surface area (Å²) in [6, 6.07) is 2.13. The Labute approximate surface area is 228 Å². The number of hydrogen-bond donors (Lipinski definition) is 1. The molecule has 0 aromatic heterocycles. The number of halogens is 6. The molecule has 1 unspecified atom stereocenters. The van der Waals surface area contributed by atoms with Gasteiger partial charge in [0, 0.05) is 55.7 Å². The maximum absolute atomic E-state index is 13.5. The van der Waals surface area contributed by atoms with Crippen LogP contribution in [0.25, 0.3) is 0 Å². The van der Waals surface area contributed by atoms with Gasteiger partial charge in [-0.15, -0.1) is 0 Å². The molecular formula is C25H26F6N2O4S2. The molecule has 39 heavy (non-hydrogen) atoms. The zero-order valence-corrected chi connectivity index (χ0v) is 22.6. The van der Waals surface area contributed by atoms with E-state index >= 15 is 0 Å². The van der Waals surface area contributed by atoms with Crippen LogP contribution in [0.4, 0.5) is 32.0 Å². The number of alkyl halides is 6. The number of allylic oxidation sites excluding steroid dienone is 4. The molecule has 1 saturated heterocycles. The van der Waals surface area contributed by atoms with E-state index in [1.807, 2.05) is 0 Å². The number of hydrogen-bond acceptors (Lipinski definition) is 6. The number of ether oxygens (including phenoxy) is 1. The van der Waals surface area contributed by atoms with Gasteiger partial charge in [0.05, 0.1) is 10.6 Å². The summed E-state index contributed by atoms with van der Waals surface area (Å²) in [4.78, 5) is 1.91. The minimum absolute atomic E-state index is 0.00861. The number of anilines is 1. The molecule has 1 aromatic carbocycles. The fourth-order valence-corrected chi connectivity index (χ4v) is 6.20. The Balaban J connectivity index is 1.99. The van der Waals surface area contributed by atoms with E-state index in [2.05, 4.69) is 11.8 Å². The van der Waals surface area contributed by atoms with Gasteiger partial charge < -0.3 is 14.7 Å². The summed E-state index contributed by atoms with van der Waals surface area (Å²) < 4.78 is 114. The molecule has 0 spiro atoms. The lowest BCUT2D eigenvalue weighted by Gasteiger charge is -2.37. The van der Waals surface area contributed by atoms with Gasteiger partial charge in [0.15, 0.2) is 0 Å². The standard InChI is InChI=1S/C25H26F6N2O4S2/c1-3-19(37-2)10-8-17-16-18(23(34,24(26,27)28)25(29,30)31)9-11-20(17)32-12-14-33(15-13-32)39(35,36)22-7-5-4-6-21(22)38/h4-5,7,9,11,16,19,34H,3,6,12-15H2,1-2H3. The van der Waals surface area contributed by atoms with Crippen LogP contribution in [0.5, 0.6) is 0 Å². The van der Waals surface area contributed by atoms with Crippen molar-refractivity contribution in [1.82, 2.24) is 4.31 Å². The van der Waals surface area contributed by atoms with E-state index in [1.54, 1.807) is 24.0 Å². The van der Waals surface area contributed by atoms with Crippen LogP contribution in [0.1, 0.15) is 30.9 Å². The van der Waals surface area contributed by atoms with E-state index in [0.29, 0.717) is 25.0 Å². The largest absolute Gasteiger partial charge is 0.430 e. The Morgan fingerprint density at radius 2 is 1.72 bits per heavy atom. The van der Waals surface area contributed by atoms with Gasteiger partial charge in [-0.2, -0.15) is 30.6 Å². The first-order valence-electron chi connectivity index (χ1n) is 11.8. The minimum Gasteiger partial charge on any atom is -0.369 e. The molecule has 0 bridgehead atoms. The van der Waals surface area contributed by atoms with Gasteiger partial charge in [0.25, 0.3) is 5.60 Å². The van der Waals surface area contributed by atoms with Crippen molar-refractivity contribution in [1.29, 1.82) is 0 Å². The number of sulfonamides is 1. The number of benzene rings is 1. The van der Waals surface area contributed by atoms with Crippen LogP contribution in [0.2, 0.25) is 0 Å². The van der Waals surface area contributed by atoms with Crippen LogP contribution in [0.3, 0.4) is 0 Å². The molecule has 1 fully saturated rings. The SMILES string of the molecule is CCC(C#Cc1cc(C(O)(C(F)(F)F)C(F)(F)F)ccc1N1CCN(S(=O)(=O)C2=CC=CCC2=S)CC1)OC. The van der Waals surface area contributed by atoms with E-state index in [0.717, 1.165) is 6.07 Å². The van der Waals surface area contributed by atoms with Crippen LogP contribution in [0.15, 0.2) is 41.3 Å². The first-order chi connectivity index (χ1) is 18.1. The summed E-state index contributed by atoms with van der Waals surface area (Å²) in [5, 5.41) is 9.89. The zero-order chi connectivity index (χ0) is 29.2. The van der Waals surface area contributed by atoms with Gasteiger partial charge >= 0.3 is 12.4 Å². The Morgan fingerprint density at radius 1 is 1.10 bits per heavy atom. The highest BCUT2D eigenvalue weighted by atomic mass is 32.2. The summed E-state index contributed by atoms with van der Waals surface area (Å²) in [7, 11) is -2.53. The highest BCUT2D eigenvalue weighted by Gasteiger charge is 2.71. The summed E-state index contributed by atoms with van der Waals surface area (Å²) in [6.07, 6.45) is -7.29. The summed E-state index contributed by atoms with van der Waals surface area (Å²) >= 11 is 5.18. The van der Waals surface area contributed by atoms with Gasteiger partial charge in [0.2, 0.25) is 10.0 Å². The van der Waals surface area contributed by atoms with E-state index in [9.17, 15) is 39.9 Å². The molecule has 0 amide bonds. The monoisotopic (exact) mass is 596 g/mol. The molecule has 0 radical (unpaired) electrons. The molecule has 214 valence electrons. The Kier molecular flexibility index (Phi) is 9.23. The molecule has 1 N–H and O–H groups in total. The third-order valence-electron chi connectivity index (χ3n) is 6.42. The maximum atomic E-state index is 13.5. The van der Waals surface area contributed by atoms with Crippen LogP contribution >= 0.6 is 12.2 Å². The number of nitrogens with zero attached hydrogens (tertiary/aromatic N) is 2. The van der Waals surface area contributed by atoms with Crippen molar-refractivity contribution in [3.63, 3.8) is 0 Å². The second-order valence-corrected chi connectivity index (χ2v) is 11.2. The van der Waals surface area contributed by atoms with Gasteiger partial charge in [-0.05, 0) is 24.6 Å². The van der Waals surface area contributed by atoms with Crippen LogP contribution in [-0.4, -0.2) is 74.4 Å². The normalized spacial score (nSPS) is 18.4. The topological polar surface area (TPSA) is 70.1 Å². The van der Waals surface area contributed by atoms with Crippen molar-refractivity contribution in [3.8, 4) is 11.8 Å². The lowest BCUT2D eigenvalue weighted by atomic mass is 9.90. The van der Waals surface area contributed by atoms with Crippen LogP contribution in [0, 0.1) is 11.8 Å². The smallest absolute Gasteiger partial charge is 0.369 e. The molecule has 1 heterocycles. The summed E-state index contributed by atoms with van der Waals surface area (Å²) in [6.45, 7) is 1.87. The molecule has 1 atom stereocenters. The first-order valence-corrected chi connectivity index (χ1v) is 13.6. The predicted octanol–water partition coefficient (Wildman–Crippen LogP) is 4.44. The van der Waals surface area contributed by atoms with E-state index in [-0.39, 0.29) is 47.2 Å². The molecule has 2 aliphatic rings. The highest BCUT2D eigenvalue weighted by Crippen LogP contribution is 2.50. The molecule has 14 heteroatoms. The van der Waals surface area contributed by atoms with Crippen molar-refractivity contribution in [2.24, 2.45) is 0 Å². The van der Waals surface area contributed by atoms with Gasteiger partial charge in [-0.25, -0.2) is 8.42 Å². The lowest BCUT2D eigenvalue weighted by molar-refractivity contribution is -0.376. The van der Waals surface area contributed by atoms with Crippen molar-refractivity contribution < 1.29 is 44.6 Å². The third kappa shape index (κ3) is 6.17. The van der Waals surface area contributed by atoms with Crippen molar-refractivity contribution in [2.75, 3.05) is 38.2 Å². The molecule has 6 nitrogen and oxygen atoms in total. The Hall–Kier alpha value is -2.44. The van der Waals surface area contributed by atoms with Crippen molar-refractivity contribution in [2.45, 2.75) is 43.8 Å². The van der Waals surface area contributed by atoms with Gasteiger partial charge in [-0.1, -0.05) is 49.2 Å². The second kappa shape index (κ2) is 11.6. The van der Waals surface area contributed by atoms with Crippen LogP contribution in [-0.2, 0) is 20.4 Å². The second-order valence-electron chi connectivity index (χ2n) is 8.82. The fraction of sp³-hybridized carbons (Fsp3) is 0.480. The molecular weight excluding hydrogens is 570 g/mol. The lowest BCUT2D eigenvalue weighted by Crippen LogP contribution is -2.54. The number of thiocarbonyl (C=S) groups is 1. The Bertz CT molecular complexity index is 1300. The summed E-state index contributed by atoms with van der Waals surface area (Å²) in [5.74, 6) is 5.27. The van der Waals surface area contributed by atoms with Crippen molar-refractivity contribution in [3.05, 3.63) is 52.5 Å². The number of methoxy groups -OCH3 is 1. The minimum atomic E-state index is -6.06. The van der Waals surface area contributed by atoms with E-state index in [4.69, 9.17) is 17.0 Å². The van der Waals surface area contributed by atoms with Gasteiger partial charge in [0.1, 0.15) is 6.10 Å². The quantitative estimate of drug-likeness (QED) is 0.298. The average Bonchev–Trinajstić information content (AvgIpc) is 2.87. The molecule has 1 aromatic rings. The van der Waals surface area contributed by atoms with Crippen molar-refractivity contribution >= 4 is 32.8 Å². The van der Waals surface area contributed by atoms with Gasteiger partial charge in [-0.3, -0.25) is 0 Å². The first kappa shape index (κ1) is 31.1. The number of aliphatic hydroxyl groups is 1.